The van der Waals surface area contributed by atoms with E-state index in [0.29, 0.717) is 23.1 Å². The number of carbonyl (C=O) groups excluding carboxylic acids is 1. The summed E-state index contributed by atoms with van der Waals surface area (Å²) >= 11 is 0. The van der Waals surface area contributed by atoms with E-state index in [-0.39, 0.29) is 17.0 Å². The molecule has 0 aliphatic carbocycles. The number of rotatable bonds is 7. The molecule has 1 N–H and O–H groups in total. The van der Waals surface area contributed by atoms with Crippen molar-refractivity contribution >= 4 is 39.7 Å². The van der Waals surface area contributed by atoms with Crippen LogP contribution >= 0.6 is 0 Å². The second-order valence-electron chi connectivity index (χ2n) is 6.28. The lowest BCUT2D eigenvalue weighted by molar-refractivity contribution is -0.0429. The van der Waals surface area contributed by atoms with Gasteiger partial charge in [0.15, 0.2) is 6.29 Å². The monoisotopic (exact) mass is 440 g/mol. The molecule has 0 aliphatic rings. The lowest BCUT2D eigenvalue weighted by Gasteiger charge is -2.16. The van der Waals surface area contributed by atoms with E-state index in [9.17, 15) is 26.4 Å². The summed E-state index contributed by atoms with van der Waals surface area (Å²) in [6, 6.07) is 10.9. The molecule has 7 nitrogen and oxygen atoms in total. The fraction of sp³-hybridized carbons (Fsp3) is 0.211. The summed E-state index contributed by atoms with van der Waals surface area (Å²) in [5, 5.41) is 5.50. The number of para-hydroxylation sites is 1. The van der Waals surface area contributed by atoms with E-state index in [2.05, 4.69) is 10.1 Å². The Morgan fingerprint density at radius 1 is 1.17 bits per heavy atom. The standard InChI is InChI=1S/C19H19F3N4O3S/c1-13-8-9-18(25-30(28,29)19(20,21)22)16(10-13)14(2)24-26(3)12-23-17-7-5-4-6-15(17)11-27/h4-12,25H,1-3H3/b23-12?,24-14+. The normalized spacial score (nSPS) is 12.8. The van der Waals surface area contributed by atoms with Gasteiger partial charge >= 0.3 is 15.5 Å². The number of nitrogens with zero attached hydrogens (tertiary/aromatic N) is 3. The fourth-order valence-electron chi connectivity index (χ4n) is 2.42. The Hall–Kier alpha value is -3.21. The van der Waals surface area contributed by atoms with Crippen molar-refractivity contribution in [3.8, 4) is 0 Å². The highest BCUT2D eigenvalue weighted by Crippen LogP contribution is 2.28. The summed E-state index contributed by atoms with van der Waals surface area (Å²) in [5.41, 5.74) is -3.78. The van der Waals surface area contributed by atoms with Gasteiger partial charge in [-0.25, -0.2) is 4.99 Å². The highest BCUT2D eigenvalue weighted by atomic mass is 32.2. The second-order valence-corrected chi connectivity index (χ2v) is 7.95. The molecule has 0 radical (unpaired) electrons. The van der Waals surface area contributed by atoms with Crippen molar-refractivity contribution in [3.63, 3.8) is 0 Å². The number of carbonyl (C=O) groups is 1. The zero-order valence-corrected chi connectivity index (χ0v) is 17.1. The number of aldehydes is 1. The van der Waals surface area contributed by atoms with E-state index < -0.39 is 15.5 Å². The van der Waals surface area contributed by atoms with Crippen LogP contribution in [0, 0.1) is 6.92 Å². The minimum absolute atomic E-state index is 0.177. The number of nitrogens with one attached hydrogen (secondary N) is 1. The highest BCUT2D eigenvalue weighted by molar-refractivity contribution is 7.93. The predicted molar refractivity (Wildman–Crippen MR) is 110 cm³/mol. The molecule has 0 saturated heterocycles. The third kappa shape index (κ3) is 5.66. The predicted octanol–water partition coefficient (Wildman–Crippen LogP) is 4.08. The quantitative estimate of drug-likeness (QED) is 0.304. The minimum atomic E-state index is -5.58. The van der Waals surface area contributed by atoms with Crippen molar-refractivity contribution in [1.82, 2.24) is 5.01 Å². The van der Waals surface area contributed by atoms with Gasteiger partial charge in [-0.15, -0.1) is 0 Å². The maximum absolute atomic E-state index is 12.7. The molecule has 2 rings (SSSR count). The Bertz CT molecular complexity index is 1100. The maximum atomic E-state index is 12.7. The fourth-order valence-corrected chi connectivity index (χ4v) is 3.00. The van der Waals surface area contributed by atoms with Crippen molar-refractivity contribution in [2.45, 2.75) is 19.4 Å². The molecule has 11 heteroatoms. The number of aliphatic imine (C=N–C) groups is 1. The first-order valence-electron chi connectivity index (χ1n) is 8.51. The van der Waals surface area contributed by atoms with Crippen LogP contribution in [0.15, 0.2) is 52.6 Å². The summed E-state index contributed by atoms with van der Waals surface area (Å²) in [6.07, 6.45) is 1.98. The molecule has 0 spiro atoms. The third-order valence-electron chi connectivity index (χ3n) is 3.85. The lowest BCUT2D eigenvalue weighted by atomic mass is 10.1. The van der Waals surface area contributed by atoms with E-state index in [0.717, 1.165) is 0 Å². The number of hydrogen-bond donors (Lipinski definition) is 1. The summed E-state index contributed by atoms with van der Waals surface area (Å²) in [6.45, 7) is 3.23. The van der Waals surface area contributed by atoms with Crippen molar-refractivity contribution in [2.24, 2.45) is 10.1 Å². The van der Waals surface area contributed by atoms with E-state index in [1.54, 1.807) is 35.9 Å². The van der Waals surface area contributed by atoms with Gasteiger partial charge in [-0.3, -0.25) is 14.5 Å². The Balaban J connectivity index is 2.34. The molecular formula is C19H19F3N4O3S. The number of aryl methyl sites for hydroxylation is 1. The topological polar surface area (TPSA) is 91.2 Å². The number of alkyl halides is 3. The van der Waals surface area contributed by atoms with Crippen molar-refractivity contribution in [1.29, 1.82) is 0 Å². The molecule has 0 aliphatic heterocycles. The van der Waals surface area contributed by atoms with Gasteiger partial charge in [0.1, 0.15) is 6.34 Å². The Morgan fingerprint density at radius 3 is 2.47 bits per heavy atom. The zero-order chi connectivity index (χ0) is 22.5. The molecule has 0 bridgehead atoms. The van der Waals surface area contributed by atoms with Crippen LogP contribution in [0.1, 0.15) is 28.4 Å². The van der Waals surface area contributed by atoms with Gasteiger partial charge in [-0.05, 0) is 38.1 Å². The van der Waals surface area contributed by atoms with E-state index in [4.69, 9.17) is 0 Å². The molecule has 160 valence electrons. The van der Waals surface area contributed by atoms with Crippen LogP contribution < -0.4 is 4.72 Å². The van der Waals surface area contributed by atoms with Crippen LogP contribution in [0.5, 0.6) is 0 Å². The van der Waals surface area contributed by atoms with Crippen LogP contribution in [0.2, 0.25) is 0 Å². The van der Waals surface area contributed by atoms with Crippen molar-refractivity contribution in [3.05, 3.63) is 59.2 Å². The van der Waals surface area contributed by atoms with E-state index in [1.807, 2.05) is 0 Å². The third-order valence-corrected chi connectivity index (χ3v) is 4.95. The smallest absolute Gasteiger partial charge is 0.298 e. The number of hydrogen-bond acceptors (Lipinski definition) is 5. The molecule has 0 aromatic heterocycles. The average Bonchev–Trinajstić information content (AvgIpc) is 2.66. The minimum Gasteiger partial charge on any atom is -0.298 e. The SMILES string of the molecule is C/C(=N\N(C)C=Nc1ccccc1C=O)c1cc(C)ccc1NS(=O)(=O)C(F)(F)F. The molecular weight excluding hydrogens is 421 g/mol. The summed E-state index contributed by atoms with van der Waals surface area (Å²) in [7, 11) is -4.05. The van der Waals surface area contributed by atoms with Crippen LogP contribution in [-0.4, -0.2) is 44.3 Å². The van der Waals surface area contributed by atoms with E-state index >= 15 is 0 Å². The van der Waals surface area contributed by atoms with Gasteiger partial charge in [-0.2, -0.15) is 26.7 Å². The molecule has 0 amide bonds. The first-order chi connectivity index (χ1) is 13.9. The Labute approximate surface area is 172 Å². The van der Waals surface area contributed by atoms with Crippen LogP contribution in [-0.2, 0) is 10.0 Å². The first-order valence-corrected chi connectivity index (χ1v) is 9.99. The second kappa shape index (κ2) is 9.08. The molecule has 0 fully saturated rings. The van der Waals surface area contributed by atoms with Gasteiger partial charge in [0.05, 0.1) is 17.1 Å². The Morgan fingerprint density at radius 2 is 1.83 bits per heavy atom. The van der Waals surface area contributed by atoms with Crippen LogP contribution in [0.4, 0.5) is 24.5 Å². The highest BCUT2D eigenvalue weighted by Gasteiger charge is 2.46. The first kappa shape index (κ1) is 23.1. The number of hydrazone groups is 1. The van der Waals surface area contributed by atoms with Crippen molar-refractivity contribution in [2.75, 3.05) is 11.8 Å². The van der Waals surface area contributed by atoms with Gasteiger partial charge in [-0.1, -0.05) is 23.8 Å². The van der Waals surface area contributed by atoms with Gasteiger partial charge in [0.25, 0.3) is 0 Å². The lowest BCUT2D eigenvalue weighted by Crippen LogP contribution is -2.30. The van der Waals surface area contributed by atoms with Crippen LogP contribution in [0.3, 0.4) is 0 Å². The molecule has 0 saturated carbocycles. The molecule has 0 atom stereocenters. The Kier molecular flexibility index (Phi) is 6.98. The number of benzene rings is 2. The van der Waals surface area contributed by atoms with Gasteiger partial charge in [0.2, 0.25) is 0 Å². The molecule has 0 heterocycles. The molecule has 0 unspecified atom stereocenters. The average molecular weight is 440 g/mol. The number of anilines is 1. The van der Waals surface area contributed by atoms with Gasteiger partial charge in [0, 0.05) is 18.2 Å². The summed E-state index contributed by atoms with van der Waals surface area (Å²) in [4.78, 5) is 15.2. The van der Waals surface area contributed by atoms with E-state index in [1.165, 1.54) is 43.5 Å². The summed E-state index contributed by atoms with van der Waals surface area (Å²) < 4.78 is 62.7. The van der Waals surface area contributed by atoms with Crippen LogP contribution in [0.25, 0.3) is 0 Å². The molecule has 30 heavy (non-hydrogen) atoms. The number of halogens is 3. The molecule has 2 aromatic rings. The maximum Gasteiger partial charge on any atom is 0.516 e. The van der Waals surface area contributed by atoms with Gasteiger partial charge < -0.3 is 0 Å². The zero-order valence-electron chi connectivity index (χ0n) is 16.3. The largest absolute Gasteiger partial charge is 0.516 e. The summed E-state index contributed by atoms with van der Waals surface area (Å²) in [5.74, 6) is 0. The molecule has 2 aromatic carbocycles. The number of sulfonamides is 1. The van der Waals surface area contributed by atoms with Crippen molar-refractivity contribution < 1.29 is 26.4 Å².